The van der Waals surface area contributed by atoms with Crippen molar-refractivity contribution in [2.45, 2.75) is 18.9 Å². The quantitative estimate of drug-likeness (QED) is 0.818. The van der Waals surface area contributed by atoms with Gasteiger partial charge in [0.2, 0.25) is 0 Å². The molecule has 4 heteroatoms. The molecule has 0 spiro atoms. The van der Waals surface area contributed by atoms with E-state index in [-0.39, 0.29) is 11.8 Å². The van der Waals surface area contributed by atoms with Crippen molar-refractivity contribution < 1.29 is 4.79 Å². The molecule has 94 valence electrons. The number of aryl methyl sites for hydroxylation is 1. The summed E-state index contributed by atoms with van der Waals surface area (Å²) in [6, 6.07) is 9.75. The van der Waals surface area contributed by atoms with Crippen LogP contribution in [0.3, 0.4) is 0 Å². The average molecular weight is 243 g/mol. The summed E-state index contributed by atoms with van der Waals surface area (Å²) in [6.07, 6.45) is 4.42. The zero-order valence-corrected chi connectivity index (χ0v) is 10.4. The topological polar surface area (TPSA) is 60.9 Å². The lowest BCUT2D eigenvalue weighted by atomic mass is 10.0. The van der Waals surface area contributed by atoms with Crippen LogP contribution in [0.15, 0.2) is 42.7 Å². The number of Topliss-reactive ketones (excluding diaryl/α,β-unsaturated/α-hetero) is 1. The molecule has 0 amide bonds. The summed E-state index contributed by atoms with van der Waals surface area (Å²) < 4.78 is 1.63. The second-order valence-corrected chi connectivity index (χ2v) is 4.38. The third-order valence-corrected chi connectivity index (χ3v) is 2.94. The van der Waals surface area contributed by atoms with Crippen LogP contribution in [-0.2, 0) is 7.05 Å². The van der Waals surface area contributed by atoms with Crippen molar-refractivity contribution in [1.82, 2.24) is 9.78 Å². The van der Waals surface area contributed by atoms with Gasteiger partial charge in [0.15, 0.2) is 5.78 Å². The van der Waals surface area contributed by atoms with E-state index in [9.17, 15) is 4.79 Å². The monoisotopic (exact) mass is 243 g/mol. The number of ketones is 1. The highest BCUT2D eigenvalue weighted by molar-refractivity contribution is 5.95. The van der Waals surface area contributed by atoms with Crippen LogP contribution < -0.4 is 5.73 Å². The molecule has 0 radical (unpaired) electrons. The molecule has 18 heavy (non-hydrogen) atoms. The predicted octanol–water partition coefficient (Wildman–Crippen LogP) is 2.08. The normalized spacial score (nSPS) is 12.3. The molecular formula is C14H17N3O. The second-order valence-electron chi connectivity index (χ2n) is 4.38. The molecule has 4 nitrogen and oxygen atoms in total. The Balaban J connectivity index is 1.90. The fourth-order valence-corrected chi connectivity index (χ4v) is 1.86. The maximum absolute atomic E-state index is 11.9. The number of rotatable bonds is 5. The molecule has 0 bridgehead atoms. The first-order chi connectivity index (χ1) is 8.66. The maximum Gasteiger partial charge on any atom is 0.166 e. The van der Waals surface area contributed by atoms with Gasteiger partial charge in [0, 0.05) is 25.7 Å². The molecule has 1 aromatic heterocycles. The highest BCUT2D eigenvalue weighted by Gasteiger charge is 2.11. The van der Waals surface area contributed by atoms with Crippen LogP contribution in [-0.4, -0.2) is 15.6 Å². The molecule has 1 unspecified atom stereocenters. The van der Waals surface area contributed by atoms with E-state index < -0.39 is 0 Å². The van der Waals surface area contributed by atoms with Gasteiger partial charge in [0.1, 0.15) is 0 Å². The summed E-state index contributed by atoms with van der Waals surface area (Å²) in [5.74, 6) is 0.0921. The minimum atomic E-state index is -0.0909. The fourth-order valence-electron chi connectivity index (χ4n) is 1.86. The standard InChI is InChI=1S/C14H17N3O/c1-17-10-12(9-16-17)14(18)8-7-13(15)11-5-3-2-4-6-11/h2-6,9-10,13H,7-8,15H2,1H3. The lowest BCUT2D eigenvalue weighted by Crippen LogP contribution is -2.12. The van der Waals surface area contributed by atoms with Crippen LogP contribution in [0.5, 0.6) is 0 Å². The molecule has 1 heterocycles. The van der Waals surface area contributed by atoms with Gasteiger partial charge in [0.05, 0.1) is 11.8 Å². The molecule has 0 fully saturated rings. The first-order valence-electron chi connectivity index (χ1n) is 5.99. The number of nitrogens with two attached hydrogens (primary N) is 1. The van der Waals surface area contributed by atoms with Crippen molar-refractivity contribution in [1.29, 1.82) is 0 Å². The van der Waals surface area contributed by atoms with E-state index in [0.29, 0.717) is 18.4 Å². The largest absolute Gasteiger partial charge is 0.324 e. The van der Waals surface area contributed by atoms with E-state index >= 15 is 0 Å². The minimum Gasteiger partial charge on any atom is -0.324 e. The molecule has 1 aromatic carbocycles. The van der Waals surface area contributed by atoms with Crippen molar-refractivity contribution >= 4 is 5.78 Å². The van der Waals surface area contributed by atoms with Gasteiger partial charge in [0.25, 0.3) is 0 Å². The van der Waals surface area contributed by atoms with Gasteiger partial charge in [-0.2, -0.15) is 5.10 Å². The Morgan fingerprint density at radius 2 is 2.11 bits per heavy atom. The second kappa shape index (κ2) is 5.60. The average Bonchev–Trinajstić information content (AvgIpc) is 2.83. The maximum atomic E-state index is 11.9. The number of hydrogen-bond donors (Lipinski definition) is 1. The summed E-state index contributed by atoms with van der Waals surface area (Å²) in [6.45, 7) is 0. The van der Waals surface area contributed by atoms with E-state index in [2.05, 4.69) is 5.10 Å². The smallest absolute Gasteiger partial charge is 0.166 e. The first-order valence-corrected chi connectivity index (χ1v) is 5.99. The number of hydrogen-bond acceptors (Lipinski definition) is 3. The zero-order valence-electron chi connectivity index (χ0n) is 10.4. The minimum absolute atomic E-state index is 0.0909. The highest BCUT2D eigenvalue weighted by Crippen LogP contribution is 2.16. The van der Waals surface area contributed by atoms with Crippen molar-refractivity contribution in [3.63, 3.8) is 0 Å². The number of carbonyl (C=O) groups is 1. The van der Waals surface area contributed by atoms with Gasteiger partial charge in [-0.25, -0.2) is 0 Å². The molecule has 0 saturated heterocycles. The van der Waals surface area contributed by atoms with Crippen molar-refractivity contribution in [3.8, 4) is 0 Å². The van der Waals surface area contributed by atoms with Crippen LogP contribution in [0.4, 0.5) is 0 Å². The van der Waals surface area contributed by atoms with E-state index in [1.165, 1.54) is 0 Å². The molecule has 0 aliphatic heterocycles. The summed E-state index contributed by atoms with van der Waals surface area (Å²) in [4.78, 5) is 11.9. The Morgan fingerprint density at radius 3 is 2.72 bits per heavy atom. The van der Waals surface area contributed by atoms with Crippen LogP contribution in [0, 0.1) is 0 Å². The predicted molar refractivity (Wildman–Crippen MR) is 70.1 cm³/mol. The first kappa shape index (κ1) is 12.5. The molecule has 0 saturated carbocycles. The van der Waals surface area contributed by atoms with Gasteiger partial charge in [-0.3, -0.25) is 9.48 Å². The SMILES string of the molecule is Cn1cc(C(=O)CCC(N)c2ccccc2)cn1. The van der Waals surface area contributed by atoms with Crippen molar-refractivity contribution in [3.05, 3.63) is 53.9 Å². The van der Waals surface area contributed by atoms with Crippen LogP contribution in [0.1, 0.15) is 34.8 Å². The Bertz CT molecular complexity index is 519. The Morgan fingerprint density at radius 1 is 1.39 bits per heavy atom. The Labute approximate surface area is 106 Å². The lowest BCUT2D eigenvalue weighted by molar-refractivity contribution is 0.0977. The van der Waals surface area contributed by atoms with E-state index in [1.807, 2.05) is 30.3 Å². The van der Waals surface area contributed by atoms with Crippen LogP contribution in [0.2, 0.25) is 0 Å². The third-order valence-electron chi connectivity index (χ3n) is 2.94. The molecule has 1 atom stereocenters. The van der Waals surface area contributed by atoms with Crippen LogP contribution in [0.25, 0.3) is 0 Å². The fraction of sp³-hybridized carbons (Fsp3) is 0.286. The molecule has 0 aliphatic carbocycles. The van der Waals surface area contributed by atoms with Crippen molar-refractivity contribution in [2.24, 2.45) is 12.8 Å². The summed E-state index contributed by atoms with van der Waals surface area (Å²) in [5, 5.41) is 3.99. The zero-order chi connectivity index (χ0) is 13.0. The Hall–Kier alpha value is -1.94. The number of aromatic nitrogens is 2. The molecule has 2 rings (SSSR count). The number of carbonyl (C=O) groups excluding carboxylic acids is 1. The summed E-state index contributed by atoms with van der Waals surface area (Å²) in [5.41, 5.74) is 7.77. The van der Waals surface area contributed by atoms with Gasteiger partial charge >= 0.3 is 0 Å². The molecular weight excluding hydrogens is 226 g/mol. The Kier molecular flexibility index (Phi) is 3.89. The lowest BCUT2D eigenvalue weighted by Gasteiger charge is -2.10. The van der Waals surface area contributed by atoms with E-state index in [4.69, 9.17) is 5.73 Å². The van der Waals surface area contributed by atoms with Gasteiger partial charge in [-0.15, -0.1) is 0 Å². The highest BCUT2D eigenvalue weighted by atomic mass is 16.1. The van der Waals surface area contributed by atoms with E-state index in [0.717, 1.165) is 5.56 Å². The summed E-state index contributed by atoms with van der Waals surface area (Å²) in [7, 11) is 1.80. The van der Waals surface area contributed by atoms with Gasteiger partial charge < -0.3 is 5.73 Å². The van der Waals surface area contributed by atoms with Gasteiger partial charge in [-0.1, -0.05) is 30.3 Å². The molecule has 0 aliphatic rings. The molecule has 2 N–H and O–H groups in total. The van der Waals surface area contributed by atoms with E-state index in [1.54, 1.807) is 24.1 Å². The number of benzene rings is 1. The molecule has 2 aromatic rings. The summed E-state index contributed by atoms with van der Waals surface area (Å²) >= 11 is 0. The third kappa shape index (κ3) is 3.05. The van der Waals surface area contributed by atoms with Gasteiger partial charge in [-0.05, 0) is 12.0 Å². The van der Waals surface area contributed by atoms with Crippen LogP contribution >= 0.6 is 0 Å². The number of nitrogens with zero attached hydrogens (tertiary/aromatic N) is 2. The van der Waals surface area contributed by atoms with Crippen molar-refractivity contribution in [2.75, 3.05) is 0 Å².